The average molecular weight is 285 g/mol. The van der Waals surface area contributed by atoms with Crippen molar-refractivity contribution in [2.24, 2.45) is 0 Å². The summed E-state index contributed by atoms with van der Waals surface area (Å²) in [6, 6.07) is 8.06. The zero-order valence-corrected chi connectivity index (χ0v) is 9.28. The van der Waals surface area contributed by atoms with Gasteiger partial charge in [0.1, 0.15) is 5.75 Å². The molecule has 0 aliphatic carbocycles. The van der Waals surface area contributed by atoms with Crippen LogP contribution >= 0.6 is 22.6 Å². The van der Waals surface area contributed by atoms with Crippen LogP contribution in [0.1, 0.15) is 0 Å². The Labute approximate surface area is 90.1 Å². The molecular weight excluding hydrogens is 277 g/mol. The molecule has 3 heteroatoms. The van der Waals surface area contributed by atoms with Crippen LogP contribution in [-0.4, -0.2) is 12.1 Å². The molecule has 1 heterocycles. The van der Waals surface area contributed by atoms with E-state index < -0.39 is 0 Å². The summed E-state index contributed by atoms with van der Waals surface area (Å²) in [6.07, 6.45) is 1.73. The number of fused-ring (bicyclic) bond motifs is 1. The van der Waals surface area contributed by atoms with Crippen molar-refractivity contribution in [2.45, 2.75) is 0 Å². The van der Waals surface area contributed by atoms with Crippen LogP contribution < -0.4 is 4.74 Å². The lowest BCUT2D eigenvalue weighted by Gasteiger charge is -2.02. The predicted octanol–water partition coefficient (Wildman–Crippen LogP) is 2.85. The number of methoxy groups -OCH3 is 1. The zero-order chi connectivity index (χ0) is 9.26. The molecule has 0 amide bonds. The highest BCUT2D eigenvalue weighted by molar-refractivity contribution is 14.1. The number of ether oxygens (including phenoxy) is 1. The van der Waals surface area contributed by atoms with Gasteiger partial charge in [-0.2, -0.15) is 0 Å². The second-order valence-electron chi connectivity index (χ2n) is 2.68. The zero-order valence-electron chi connectivity index (χ0n) is 7.12. The van der Waals surface area contributed by atoms with Crippen LogP contribution in [0, 0.1) is 3.57 Å². The topological polar surface area (TPSA) is 22.1 Å². The molecule has 1 aromatic carbocycles. The minimum Gasteiger partial charge on any atom is -0.495 e. The maximum absolute atomic E-state index is 5.11. The van der Waals surface area contributed by atoms with Crippen LogP contribution in [0.15, 0.2) is 30.5 Å². The highest BCUT2D eigenvalue weighted by Gasteiger charge is 2.00. The fourth-order valence-corrected chi connectivity index (χ4v) is 1.85. The smallest absolute Gasteiger partial charge is 0.137 e. The molecule has 0 spiro atoms. The molecule has 1 aromatic heterocycles. The van der Waals surface area contributed by atoms with E-state index in [4.69, 9.17) is 4.74 Å². The van der Waals surface area contributed by atoms with Gasteiger partial charge >= 0.3 is 0 Å². The van der Waals surface area contributed by atoms with Crippen molar-refractivity contribution in [1.82, 2.24) is 4.98 Å². The molecule has 0 bridgehead atoms. The molecule has 0 saturated carbocycles. The van der Waals surface area contributed by atoms with E-state index in [1.165, 1.54) is 3.57 Å². The minimum atomic E-state index is 0.802. The average Bonchev–Trinajstić information content (AvgIpc) is 2.18. The van der Waals surface area contributed by atoms with Crippen LogP contribution in [0.2, 0.25) is 0 Å². The van der Waals surface area contributed by atoms with Gasteiger partial charge in [0.05, 0.1) is 18.8 Å². The standard InChI is InChI=1S/C10H8INO/c1-13-7-5-8-9(11)3-2-4-10(8)12-6-7/h2-6H,1H3. The number of benzene rings is 1. The fourth-order valence-electron chi connectivity index (χ4n) is 1.21. The third kappa shape index (κ3) is 1.60. The molecule has 0 saturated heterocycles. The minimum absolute atomic E-state index is 0.802. The van der Waals surface area contributed by atoms with E-state index in [1.54, 1.807) is 13.3 Å². The molecule has 0 fully saturated rings. The second-order valence-corrected chi connectivity index (χ2v) is 3.84. The van der Waals surface area contributed by atoms with Gasteiger partial charge in [-0.3, -0.25) is 4.98 Å². The summed E-state index contributed by atoms with van der Waals surface area (Å²) in [7, 11) is 1.65. The number of hydrogen-bond acceptors (Lipinski definition) is 2. The van der Waals surface area contributed by atoms with Gasteiger partial charge in [-0.25, -0.2) is 0 Å². The number of halogens is 1. The molecule has 2 rings (SSSR count). The summed E-state index contributed by atoms with van der Waals surface area (Å²) in [4.78, 5) is 4.28. The van der Waals surface area contributed by atoms with Crippen LogP contribution in [0.5, 0.6) is 5.75 Å². The van der Waals surface area contributed by atoms with E-state index in [-0.39, 0.29) is 0 Å². The highest BCUT2D eigenvalue weighted by Crippen LogP contribution is 2.22. The van der Waals surface area contributed by atoms with Crippen molar-refractivity contribution in [2.75, 3.05) is 7.11 Å². The van der Waals surface area contributed by atoms with Gasteiger partial charge in [0, 0.05) is 8.96 Å². The van der Waals surface area contributed by atoms with Crippen molar-refractivity contribution in [3.63, 3.8) is 0 Å². The Bertz CT molecular complexity index is 442. The van der Waals surface area contributed by atoms with Crippen LogP contribution in [0.3, 0.4) is 0 Å². The van der Waals surface area contributed by atoms with Crippen molar-refractivity contribution >= 4 is 33.5 Å². The maximum Gasteiger partial charge on any atom is 0.137 e. The van der Waals surface area contributed by atoms with Crippen LogP contribution in [0.25, 0.3) is 10.9 Å². The Hall–Kier alpha value is -0.840. The van der Waals surface area contributed by atoms with Gasteiger partial charge in [0.15, 0.2) is 0 Å². The Morgan fingerprint density at radius 2 is 2.23 bits per heavy atom. The van der Waals surface area contributed by atoms with Gasteiger partial charge < -0.3 is 4.74 Å². The van der Waals surface area contributed by atoms with E-state index in [0.717, 1.165) is 16.7 Å². The Kier molecular flexibility index (Phi) is 2.35. The van der Waals surface area contributed by atoms with Gasteiger partial charge in [-0.15, -0.1) is 0 Å². The molecule has 13 heavy (non-hydrogen) atoms. The molecule has 2 nitrogen and oxygen atoms in total. The first-order chi connectivity index (χ1) is 6.31. The summed E-state index contributed by atoms with van der Waals surface area (Å²) < 4.78 is 6.31. The van der Waals surface area contributed by atoms with E-state index in [2.05, 4.69) is 33.6 Å². The number of hydrogen-bond donors (Lipinski definition) is 0. The van der Waals surface area contributed by atoms with Crippen molar-refractivity contribution in [3.8, 4) is 5.75 Å². The Morgan fingerprint density at radius 3 is 3.00 bits per heavy atom. The molecular formula is C10H8INO. The first kappa shape index (κ1) is 8.74. The van der Waals surface area contributed by atoms with E-state index >= 15 is 0 Å². The molecule has 0 N–H and O–H groups in total. The van der Waals surface area contributed by atoms with Crippen LogP contribution in [0.4, 0.5) is 0 Å². The molecule has 2 aromatic rings. The summed E-state index contributed by atoms with van der Waals surface area (Å²) in [6.45, 7) is 0. The lowest BCUT2D eigenvalue weighted by molar-refractivity contribution is 0.414. The number of rotatable bonds is 1. The van der Waals surface area contributed by atoms with E-state index in [0.29, 0.717) is 0 Å². The van der Waals surface area contributed by atoms with E-state index in [1.807, 2.05) is 18.2 Å². The molecule has 66 valence electrons. The molecule has 0 aliphatic rings. The summed E-state index contributed by atoms with van der Waals surface area (Å²) >= 11 is 2.30. The molecule has 0 atom stereocenters. The Morgan fingerprint density at radius 1 is 1.38 bits per heavy atom. The number of nitrogens with zero attached hydrogens (tertiary/aromatic N) is 1. The van der Waals surface area contributed by atoms with Gasteiger partial charge in [-0.05, 0) is 40.8 Å². The maximum atomic E-state index is 5.11. The fraction of sp³-hybridized carbons (Fsp3) is 0.100. The Balaban J connectivity index is 2.74. The normalized spacial score (nSPS) is 10.3. The third-order valence-electron chi connectivity index (χ3n) is 1.88. The summed E-state index contributed by atoms with van der Waals surface area (Å²) in [5, 5.41) is 1.14. The number of pyridine rings is 1. The highest BCUT2D eigenvalue weighted by atomic mass is 127. The summed E-state index contributed by atoms with van der Waals surface area (Å²) in [5.41, 5.74) is 1.01. The predicted molar refractivity (Wildman–Crippen MR) is 61.0 cm³/mol. The first-order valence-electron chi connectivity index (χ1n) is 3.89. The lowest BCUT2D eigenvalue weighted by atomic mass is 10.2. The second kappa shape index (κ2) is 3.49. The van der Waals surface area contributed by atoms with Gasteiger partial charge in [0.25, 0.3) is 0 Å². The van der Waals surface area contributed by atoms with Gasteiger partial charge in [-0.1, -0.05) is 6.07 Å². The van der Waals surface area contributed by atoms with Crippen molar-refractivity contribution < 1.29 is 4.74 Å². The van der Waals surface area contributed by atoms with Crippen LogP contribution in [-0.2, 0) is 0 Å². The largest absolute Gasteiger partial charge is 0.495 e. The third-order valence-corrected chi connectivity index (χ3v) is 2.82. The van der Waals surface area contributed by atoms with Crippen molar-refractivity contribution in [1.29, 1.82) is 0 Å². The first-order valence-corrected chi connectivity index (χ1v) is 4.97. The lowest BCUT2D eigenvalue weighted by Crippen LogP contribution is -1.86. The van der Waals surface area contributed by atoms with E-state index in [9.17, 15) is 0 Å². The number of aromatic nitrogens is 1. The molecule has 0 aliphatic heterocycles. The molecule has 0 unspecified atom stereocenters. The summed E-state index contributed by atoms with van der Waals surface area (Å²) in [5.74, 6) is 0.802. The van der Waals surface area contributed by atoms with Crippen molar-refractivity contribution in [3.05, 3.63) is 34.0 Å². The molecule has 0 radical (unpaired) electrons. The van der Waals surface area contributed by atoms with Gasteiger partial charge in [0.2, 0.25) is 0 Å². The monoisotopic (exact) mass is 285 g/mol. The SMILES string of the molecule is COc1cnc2cccc(I)c2c1. The quantitative estimate of drug-likeness (QED) is 0.752.